The molecule has 2 heterocycles. The van der Waals surface area contributed by atoms with Crippen LogP contribution in [0.4, 0.5) is 4.79 Å². The standard InChI is InChI=1S/C31H40N4O6/c1-2-3-16-25-29(37)33(18-21-10-5-4-6-11-21)19-28-34(25)30(38)26(17-27(32)36)41-35(28)31(39)40-20-23-14-9-13-22-12-7-8-15-24(22)23/h7-9,12-15,21,25-26,28H,2-6,10-11,16-20H2,1H3,(H2,32,36)/t25-,26-,28-/m0/s1. The molecule has 2 aromatic rings. The third-order valence-electron chi connectivity index (χ3n) is 8.51. The first kappa shape index (κ1) is 28.9. The van der Waals surface area contributed by atoms with Gasteiger partial charge in [0.05, 0.1) is 13.0 Å². The van der Waals surface area contributed by atoms with Crippen molar-refractivity contribution in [1.29, 1.82) is 0 Å². The first-order valence-electron chi connectivity index (χ1n) is 14.9. The van der Waals surface area contributed by atoms with Crippen molar-refractivity contribution in [2.45, 2.75) is 89.6 Å². The molecule has 0 aromatic heterocycles. The Morgan fingerprint density at radius 1 is 1.02 bits per heavy atom. The number of benzene rings is 2. The predicted molar refractivity (Wildman–Crippen MR) is 152 cm³/mol. The summed E-state index contributed by atoms with van der Waals surface area (Å²) in [6.45, 7) is 2.73. The molecule has 220 valence electrons. The lowest BCUT2D eigenvalue weighted by molar-refractivity contribution is -0.267. The van der Waals surface area contributed by atoms with Crippen LogP contribution in [0.25, 0.3) is 10.8 Å². The number of nitrogens with two attached hydrogens (primary N) is 1. The Labute approximate surface area is 240 Å². The van der Waals surface area contributed by atoms with Crippen LogP contribution in [0.15, 0.2) is 42.5 Å². The number of nitrogens with zero attached hydrogens (tertiary/aromatic N) is 3. The third-order valence-corrected chi connectivity index (χ3v) is 8.51. The van der Waals surface area contributed by atoms with Crippen LogP contribution in [-0.2, 0) is 30.6 Å². The van der Waals surface area contributed by atoms with E-state index in [9.17, 15) is 19.2 Å². The maximum Gasteiger partial charge on any atom is 0.436 e. The summed E-state index contributed by atoms with van der Waals surface area (Å²) >= 11 is 0. The first-order chi connectivity index (χ1) is 19.9. The molecule has 2 aromatic carbocycles. The summed E-state index contributed by atoms with van der Waals surface area (Å²) in [6, 6.07) is 12.9. The molecular formula is C31H40N4O6. The van der Waals surface area contributed by atoms with E-state index in [2.05, 4.69) is 0 Å². The van der Waals surface area contributed by atoms with Gasteiger partial charge in [0.25, 0.3) is 5.91 Å². The molecule has 0 radical (unpaired) electrons. The minimum Gasteiger partial charge on any atom is -0.443 e. The Hall–Kier alpha value is -3.66. The second kappa shape index (κ2) is 12.9. The maximum absolute atomic E-state index is 13.8. The van der Waals surface area contributed by atoms with Gasteiger partial charge in [-0.2, -0.15) is 5.06 Å². The Morgan fingerprint density at radius 3 is 2.54 bits per heavy atom. The van der Waals surface area contributed by atoms with Crippen molar-refractivity contribution < 1.29 is 28.8 Å². The molecule has 2 saturated heterocycles. The summed E-state index contributed by atoms with van der Waals surface area (Å²) in [7, 11) is 0. The number of primary amides is 1. The highest BCUT2D eigenvalue weighted by atomic mass is 16.7. The summed E-state index contributed by atoms with van der Waals surface area (Å²) in [4.78, 5) is 62.0. The van der Waals surface area contributed by atoms with E-state index in [0.717, 1.165) is 59.9 Å². The van der Waals surface area contributed by atoms with Gasteiger partial charge in [-0.15, -0.1) is 0 Å². The normalized spacial score (nSPS) is 23.5. The van der Waals surface area contributed by atoms with Gasteiger partial charge in [0, 0.05) is 6.54 Å². The van der Waals surface area contributed by atoms with Gasteiger partial charge >= 0.3 is 6.09 Å². The second-order valence-corrected chi connectivity index (χ2v) is 11.4. The predicted octanol–water partition coefficient (Wildman–Crippen LogP) is 4.10. The number of hydroxylamine groups is 2. The van der Waals surface area contributed by atoms with E-state index in [4.69, 9.17) is 15.3 Å². The van der Waals surface area contributed by atoms with E-state index in [-0.39, 0.29) is 19.1 Å². The number of amides is 4. The zero-order valence-electron chi connectivity index (χ0n) is 23.7. The van der Waals surface area contributed by atoms with Gasteiger partial charge in [-0.25, -0.2) is 4.79 Å². The van der Waals surface area contributed by atoms with E-state index in [1.807, 2.05) is 49.4 Å². The monoisotopic (exact) mass is 564 g/mol. The van der Waals surface area contributed by atoms with E-state index in [0.29, 0.717) is 18.9 Å². The fourth-order valence-electron chi connectivity index (χ4n) is 6.42. The van der Waals surface area contributed by atoms with Crippen molar-refractivity contribution >= 4 is 34.6 Å². The highest BCUT2D eigenvalue weighted by Crippen LogP contribution is 2.33. The number of rotatable bonds is 9. The van der Waals surface area contributed by atoms with Gasteiger partial charge < -0.3 is 20.3 Å². The molecule has 41 heavy (non-hydrogen) atoms. The average molecular weight is 565 g/mol. The maximum atomic E-state index is 13.8. The minimum atomic E-state index is -1.31. The molecule has 2 N–H and O–H groups in total. The molecule has 1 saturated carbocycles. The number of unbranched alkanes of at least 4 members (excludes halogenated alkanes) is 1. The zero-order valence-corrected chi connectivity index (χ0v) is 23.7. The molecule has 0 spiro atoms. The molecule has 10 nitrogen and oxygen atoms in total. The van der Waals surface area contributed by atoms with Crippen LogP contribution in [0.1, 0.15) is 70.3 Å². The first-order valence-corrected chi connectivity index (χ1v) is 14.9. The van der Waals surface area contributed by atoms with Crippen LogP contribution in [-0.4, -0.2) is 70.1 Å². The summed E-state index contributed by atoms with van der Waals surface area (Å²) in [5.74, 6) is -0.963. The van der Waals surface area contributed by atoms with Crippen molar-refractivity contribution in [3.63, 3.8) is 0 Å². The van der Waals surface area contributed by atoms with Crippen LogP contribution in [0.2, 0.25) is 0 Å². The number of carbonyl (C=O) groups is 4. The van der Waals surface area contributed by atoms with Gasteiger partial charge in [-0.05, 0) is 41.5 Å². The van der Waals surface area contributed by atoms with Crippen LogP contribution >= 0.6 is 0 Å². The van der Waals surface area contributed by atoms with Crippen molar-refractivity contribution in [3.8, 4) is 0 Å². The number of ether oxygens (including phenoxy) is 1. The van der Waals surface area contributed by atoms with Gasteiger partial charge in [0.1, 0.15) is 12.6 Å². The molecule has 0 unspecified atom stereocenters. The van der Waals surface area contributed by atoms with Crippen LogP contribution < -0.4 is 5.73 Å². The van der Waals surface area contributed by atoms with E-state index >= 15 is 0 Å². The molecule has 3 aliphatic rings. The van der Waals surface area contributed by atoms with E-state index < -0.39 is 42.6 Å². The van der Waals surface area contributed by atoms with Crippen molar-refractivity contribution in [2.24, 2.45) is 11.7 Å². The Bertz CT molecular complexity index is 1270. The molecule has 0 bridgehead atoms. The Balaban J connectivity index is 1.42. The summed E-state index contributed by atoms with van der Waals surface area (Å²) < 4.78 is 5.75. The Morgan fingerprint density at radius 2 is 1.78 bits per heavy atom. The lowest BCUT2D eigenvalue weighted by atomic mass is 9.88. The highest BCUT2D eigenvalue weighted by molar-refractivity contribution is 5.94. The SMILES string of the molecule is CCCC[C@H]1C(=O)N(CC2CCCCC2)C[C@@H]2N(C(=O)OCc3cccc4ccccc34)O[C@@H](CC(N)=O)C(=O)N21. The third kappa shape index (κ3) is 6.32. The van der Waals surface area contributed by atoms with Gasteiger partial charge in [-0.3, -0.25) is 19.2 Å². The van der Waals surface area contributed by atoms with Crippen molar-refractivity contribution in [2.75, 3.05) is 13.1 Å². The van der Waals surface area contributed by atoms with Gasteiger partial charge in [0.15, 0.2) is 12.3 Å². The van der Waals surface area contributed by atoms with Gasteiger partial charge in [0.2, 0.25) is 11.8 Å². The average Bonchev–Trinajstić information content (AvgIpc) is 2.97. The zero-order chi connectivity index (χ0) is 28.9. The Kier molecular flexibility index (Phi) is 9.07. The van der Waals surface area contributed by atoms with Crippen molar-refractivity contribution in [3.05, 3.63) is 48.0 Å². The number of hydrogen-bond donors (Lipinski definition) is 1. The molecule has 10 heteroatoms. The summed E-state index contributed by atoms with van der Waals surface area (Å²) in [6.07, 6.45) is 4.29. The number of piperazine rings is 1. The second-order valence-electron chi connectivity index (χ2n) is 11.4. The molecule has 5 rings (SSSR count). The molecular weight excluding hydrogens is 524 g/mol. The fraction of sp³-hybridized carbons (Fsp3) is 0.548. The fourth-order valence-corrected chi connectivity index (χ4v) is 6.42. The molecule has 3 fully saturated rings. The van der Waals surface area contributed by atoms with E-state index in [1.165, 1.54) is 11.3 Å². The van der Waals surface area contributed by atoms with Crippen LogP contribution in [0, 0.1) is 5.92 Å². The lowest BCUT2D eigenvalue weighted by Gasteiger charge is -2.53. The number of carbonyl (C=O) groups excluding carboxylic acids is 4. The van der Waals surface area contributed by atoms with E-state index in [1.54, 1.807) is 4.90 Å². The topological polar surface area (TPSA) is 122 Å². The smallest absolute Gasteiger partial charge is 0.436 e. The lowest BCUT2D eigenvalue weighted by Crippen LogP contribution is -2.73. The molecule has 1 aliphatic carbocycles. The quantitative estimate of drug-likeness (QED) is 0.489. The molecule has 2 aliphatic heterocycles. The molecule has 4 amide bonds. The van der Waals surface area contributed by atoms with Crippen LogP contribution in [0.5, 0.6) is 0 Å². The largest absolute Gasteiger partial charge is 0.443 e. The highest BCUT2D eigenvalue weighted by Gasteiger charge is 2.53. The summed E-state index contributed by atoms with van der Waals surface area (Å²) in [5.41, 5.74) is 6.26. The van der Waals surface area contributed by atoms with Crippen molar-refractivity contribution in [1.82, 2.24) is 14.9 Å². The summed E-state index contributed by atoms with van der Waals surface area (Å²) in [5, 5.41) is 3.04. The number of fused-ring (bicyclic) bond motifs is 2. The number of hydrogen-bond acceptors (Lipinski definition) is 6. The van der Waals surface area contributed by atoms with Crippen LogP contribution in [0.3, 0.4) is 0 Å². The van der Waals surface area contributed by atoms with Gasteiger partial charge in [-0.1, -0.05) is 81.5 Å². The molecule has 3 atom stereocenters. The minimum absolute atomic E-state index is 0.00875.